The zero-order chi connectivity index (χ0) is 15.9. The van der Waals surface area contributed by atoms with E-state index in [9.17, 15) is 10.2 Å². The summed E-state index contributed by atoms with van der Waals surface area (Å²) in [5, 5.41) is 37.5. The molecule has 23 heavy (non-hydrogen) atoms. The van der Waals surface area contributed by atoms with Gasteiger partial charge in [0, 0.05) is 52.2 Å². The second-order valence-electron chi connectivity index (χ2n) is 4.56. The van der Waals surface area contributed by atoms with Crippen molar-refractivity contribution in [3.05, 3.63) is 47.5 Å². The summed E-state index contributed by atoms with van der Waals surface area (Å²) in [5.74, 6) is -0.0940. The molecule has 0 aliphatic rings. The monoisotopic (exact) mass is 358 g/mol. The van der Waals surface area contributed by atoms with E-state index in [0.29, 0.717) is 24.2 Å². The molecule has 0 unspecified atom stereocenters. The Balaban J connectivity index is 0.00000264. The van der Waals surface area contributed by atoms with Crippen LogP contribution in [-0.4, -0.2) is 45.9 Å². The van der Waals surface area contributed by atoms with Gasteiger partial charge in [-0.1, -0.05) is 0 Å². The smallest absolute Gasteiger partial charge is 0.128 e. The van der Waals surface area contributed by atoms with Crippen molar-refractivity contribution >= 4 is 12.4 Å². The molecular weight excluding hydrogens is 343 g/mol. The Morgan fingerprint density at radius 2 is 1.09 bits per heavy atom. The summed E-state index contributed by atoms with van der Waals surface area (Å²) >= 11 is 0. The van der Waals surface area contributed by atoms with Crippen LogP contribution >= 0.6 is 0 Å². The Labute approximate surface area is 143 Å². The zero-order valence-corrected chi connectivity index (χ0v) is 13.0. The molecule has 0 aliphatic heterocycles. The largest absolute Gasteiger partial charge is 0.508 e. The summed E-state index contributed by atoms with van der Waals surface area (Å²) in [6.07, 6.45) is 3.00. The predicted molar refractivity (Wildman–Crippen MR) is 84.5 cm³/mol. The standard InChI is InChI=1S/C16H16N2O4.Ni/c19-13-3-1-11(15(21)7-13)9-17-5-6-18-10-12-2-4-14(20)8-16(12)22;/h1-4,7-10,19-22H,5-6H2;. The number of benzene rings is 2. The van der Waals surface area contributed by atoms with Crippen LogP contribution in [0.5, 0.6) is 23.0 Å². The van der Waals surface area contributed by atoms with Gasteiger partial charge in [-0.3, -0.25) is 9.98 Å². The first-order valence-electron chi connectivity index (χ1n) is 6.60. The van der Waals surface area contributed by atoms with E-state index >= 15 is 0 Å². The number of phenolic OH excluding ortho intramolecular Hbond substituents is 4. The van der Waals surface area contributed by atoms with Gasteiger partial charge in [0.25, 0.3) is 0 Å². The molecule has 0 radical (unpaired) electrons. The molecule has 0 aliphatic carbocycles. The fourth-order valence-electron chi connectivity index (χ4n) is 1.72. The maximum absolute atomic E-state index is 9.57. The van der Waals surface area contributed by atoms with Crippen LogP contribution < -0.4 is 0 Å². The van der Waals surface area contributed by atoms with Crippen LogP contribution in [0, 0.1) is 0 Å². The summed E-state index contributed by atoms with van der Waals surface area (Å²) < 4.78 is 0. The normalized spacial score (nSPS) is 11.0. The predicted octanol–water partition coefficient (Wildman–Crippen LogP) is 2.04. The van der Waals surface area contributed by atoms with E-state index in [2.05, 4.69) is 9.98 Å². The molecule has 4 N–H and O–H groups in total. The summed E-state index contributed by atoms with van der Waals surface area (Å²) in [6.45, 7) is 0.825. The molecule has 0 spiro atoms. The van der Waals surface area contributed by atoms with Crippen LogP contribution in [0.25, 0.3) is 0 Å². The molecular formula is C16H16N2NiO4. The topological polar surface area (TPSA) is 106 Å². The third-order valence-corrected chi connectivity index (χ3v) is 2.85. The van der Waals surface area contributed by atoms with Gasteiger partial charge in [0.05, 0.1) is 13.1 Å². The van der Waals surface area contributed by atoms with Gasteiger partial charge in [-0.15, -0.1) is 0 Å². The van der Waals surface area contributed by atoms with E-state index in [0.717, 1.165) is 0 Å². The van der Waals surface area contributed by atoms with E-state index in [4.69, 9.17) is 10.2 Å². The van der Waals surface area contributed by atoms with Crippen molar-refractivity contribution in [1.29, 1.82) is 0 Å². The van der Waals surface area contributed by atoms with Gasteiger partial charge in [0.2, 0.25) is 0 Å². The maximum Gasteiger partial charge on any atom is 0.128 e. The third kappa shape index (κ3) is 5.64. The molecule has 0 amide bonds. The molecule has 0 heterocycles. The molecule has 0 atom stereocenters. The third-order valence-electron chi connectivity index (χ3n) is 2.85. The summed E-state index contributed by atoms with van der Waals surface area (Å²) in [4.78, 5) is 8.23. The van der Waals surface area contributed by atoms with E-state index in [1.54, 1.807) is 12.1 Å². The molecule has 7 heteroatoms. The van der Waals surface area contributed by atoms with Gasteiger partial charge in [0.1, 0.15) is 23.0 Å². The van der Waals surface area contributed by atoms with Crippen LogP contribution in [0.2, 0.25) is 0 Å². The van der Waals surface area contributed by atoms with Crippen LogP contribution in [0.3, 0.4) is 0 Å². The van der Waals surface area contributed by atoms with Crippen molar-refractivity contribution < 1.29 is 36.9 Å². The second-order valence-corrected chi connectivity index (χ2v) is 4.56. The quantitative estimate of drug-likeness (QED) is 0.373. The van der Waals surface area contributed by atoms with Crippen LogP contribution in [0.15, 0.2) is 46.4 Å². The molecule has 0 bridgehead atoms. The van der Waals surface area contributed by atoms with E-state index in [-0.39, 0.29) is 39.5 Å². The van der Waals surface area contributed by atoms with Crippen LogP contribution in [-0.2, 0) is 16.5 Å². The minimum absolute atomic E-state index is 0. The molecule has 2 aromatic rings. The van der Waals surface area contributed by atoms with Gasteiger partial charge in [-0.25, -0.2) is 0 Å². The maximum atomic E-state index is 9.57. The average molecular weight is 359 g/mol. The van der Waals surface area contributed by atoms with Crippen LogP contribution in [0.4, 0.5) is 0 Å². The van der Waals surface area contributed by atoms with Crippen molar-refractivity contribution in [2.75, 3.05) is 13.1 Å². The van der Waals surface area contributed by atoms with Gasteiger partial charge >= 0.3 is 0 Å². The molecule has 124 valence electrons. The van der Waals surface area contributed by atoms with Crippen molar-refractivity contribution in [3.8, 4) is 23.0 Å². The number of nitrogens with zero attached hydrogens (tertiary/aromatic N) is 2. The number of aliphatic imine (C=N–C) groups is 2. The number of aromatic hydroxyl groups is 4. The minimum Gasteiger partial charge on any atom is -0.508 e. The fourth-order valence-corrected chi connectivity index (χ4v) is 1.72. The first kappa shape index (κ1) is 18.5. The number of rotatable bonds is 5. The molecule has 2 rings (SSSR count). The summed E-state index contributed by atoms with van der Waals surface area (Å²) in [5.41, 5.74) is 1.02. The van der Waals surface area contributed by atoms with Crippen molar-refractivity contribution in [1.82, 2.24) is 0 Å². The number of hydrogen-bond acceptors (Lipinski definition) is 6. The Bertz CT molecular complexity index is 656. The van der Waals surface area contributed by atoms with Crippen molar-refractivity contribution in [2.45, 2.75) is 0 Å². The first-order chi connectivity index (χ1) is 10.6. The molecule has 0 saturated heterocycles. The Morgan fingerprint density at radius 1 is 0.696 bits per heavy atom. The van der Waals surface area contributed by atoms with E-state index in [1.165, 1.54) is 36.7 Å². The van der Waals surface area contributed by atoms with Crippen molar-refractivity contribution in [3.63, 3.8) is 0 Å². The first-order valence-corrected chi connectivity index (χ1v) is 6.60. The van der Waals surface area contributed by atoms with Crippen molar-refractivity contribution in [2.24, 2.45) is 9.98 Å². The van der Waals surface area contributed by atoms with E-state index in [1.807, 2.05) is 0 Å². The number of phenols is 4. The average Bonchev–Trinajstić information content (AvgIpc) is 2.46. The SMILES string of the molecule is Oc1ccc(C=NCCN=Cc2ccc(O)cc2O)c(O)c1.[Ni]. The molecule has 0 saturated carbocycles. The minimum atomic E-state index is -0.0405. The Hall–Kier alpha value is -2.53. The zero-order valence-electron chi connectivity index (χ0n) is 12.0. The second kappa shape index (κ2) is 8.80. The van der Waals surface area contributed by atoms with E-state index < -0.39 is 0 Å². The number of hydrogen-bond donors (Lipinski definition) is 4. The van der Waals surface area contributed by atoms with Gasteiger partial charge < -0.3 is 20.4 Å². The summed E-state index contributed by atoms with van der Waals surface area (Å²) in [7, 11) is 0. The van der Waals surface area contributed by atoms with Crippen LogP contribution in [0.1, 0.15) is 11.1 Å². The van der Waals surface area contributed by atoms with Gasteiger partial charge in [0.15, 0.2) is 0 Å². The van der Waals surface area contributed by atoms with Gasteiger partial charge in [-0.05, 0) is 24.3 Å². The van der Waals surface area contributed by atoms with Gasteiger partial charge in [-0.2, -0.15) is 0 Å². The summed E-state index contributed by atoms with van der Waals surface area (Å²) in [6, 6.07) is 8.54. The fraction of sp³-hybridized carbons (Fsp3) is 0.125. The Morgan fingerprint density at radius 3 is 1.43 bits per heavy atom. The Kier molecular flexibility index (Phi) is 7.09. The molecule has 0 fully saturated rings. The molecule has 0 aromatic heterocycles. The molecule has 2 aromatic carbocycles. The molecule has 6 nitrogen and oxygen atoms in total.